The van der Waals surface area contributed by atoms with Gasteiger partial charge >= 0.3 is 6.03 Å². The van der Waals surface area contributed by atoms with Crippen molar-refractivity contribution in [3.8, 4) is 17.2 Å². The summed E-state index contributed by atoms with van der Waals surface area (Å²) in [6.07, 6.45) is 0. The van der Waals surface area contributed by atoms with Crippen LogP contribution in [0, 0.1) is 0 Å². The van der Waals surface area contributed by atoms with E-state index in [1.165, 1.54) is 7.11 Å². The van der Waals surface area contributed by atoms with Crippen molar-refractivity contribution < 1.29 is 23.9 Å². The average Bonchev–Trinajstić information content (AvgIpc) is 3.43. The lowest BCUT2D eigenvalue weighted by Gasteiger charge is -2.31. The third-order valence-electron chi connectivity index (χ3n) is 7.25. The fourth-order valence-corrected chi connectivity index (χ4v) is 4.98. The summed E-state index contributed by atoms with van der Waals surface area (Å²) in [6, 6.07) is 19.2. The summed E-state index contributed by atoms with van der Waals surface area (Å²) in [4.78, 5) is 42.3. The van der Waals surface area contributed by atoms with Crippen molar-refractivity contribution in [2.45, 2.75) is 12.1 Å². The number of hydrogen-bond donors (Lipinski definition) is 3. The molecule has 3 N–H and O–H groups in total. The van der Waals surface area contributed by atoms with Gasteiger partial charge in [0.25, 0.3) is 11.8 Å². The Bertz CT molecular complexity index is 1490. The second-order valence-electron chi connectivity index (χ2n) is 10.4. The lowest BCUT2D eigenvalue weighted by molar-refractivity contribution is -0.124. The predicted octanol–water partition coefficient (Wildman–Crippen LogP) is 3.30. The van der Waals surface area contributed by atoms with Gasteiger partial charge in [-0.25, -0.2) is 4.79 Å². The molecule has 0 spiro atoms. The van der Waals surface area contributed by atoms with E-state index in [0.29, 0.717) is 34.9 Å². The molecule has 2 aliphatic rings. The van der Waals surface area contributed by atoms with E-state index in [9.17, 15) is 14.4 Å². The average molecular weight is 556 g/mol. The van der Waals surface area contributed by atoms with Gasteiger partial charge in [0.2, 0.25) is 0 Å². The fourth-order valence-electron chi connectivity index (χ4n) is 4.98. The summed E-state index contributed by atoms with van der Waals surface area (Å²) in [5.41, 5.74) is 2.24. The number of urea groups is 1. The van der Waals surface area contributed by atoms with Crippen LogP contribution in [0.1, 0.15) is 27.0 Å². The van der Waals surface area contributed by atoms with E-state index in [1.54, 1.807) is 41.3 Å². The first-order chi connectivity index (χ1) is 19.7. The number of carbonyl (C=O) groups excluding carboxylic acids is 3. The first-order valence-electron chi connectivity index (χ1n) is 13.2. The topological polar surface area (TPSA) is 112 Å². The van der Waals surface area contributed by atoms with Crippen LogP contribution >= 0.6 is 0 Å². The highest BCUT2D eigenvalue weighted by Gasteiger charge is 2.50. The van der Waals surface area contributed by atoms with Gasteiger partial charge in [0.15, 0.2) is 5.54 Å². The number of benzene rings is 3. The number of imide groups is 1. The van der Waals surface area contributed by atoms with Crippen LogP contribution in [0.25, 0.3) is 5.70 Å². The summed E-state index contributed by atoms with van der Waals surface area (Å²) in [5, 5.41) is 8.40. The van der Waals surface area contributed by atoms with Crippen molar-refractivity contribution in [1.29, 1.82) is 0 Å². The Morgan fingerprint density at radius 2 is 1.66 bits per heavy atom. The van der Waals surface area contributed by atoms with Crippen LogP contribution < -0.4 is 25.4 Å². The molecule has 0 aliphatic carbocycles. The molecule has 3 aromatic rings. The normalized spacial score (nSPS) is 17.8. The van der Waals surface area contributed by atoms with Gasteiger partial charge in [0.05, 0.1) is 13.7 Å². The molecule has 41 heavy (non-hydrogen) atoms. The SMILES string of the molecule is C=C(NCCN(C)C)c1ccc(Oc2ccc([C@]3(CN4Cc5ccc(OC)cc5C4=O)NC(=O)NC3=O)cc2)cc1. The van der Waals surface area contributed by atoms with Crippen molar-refractivity contribution in [3.05, 3.63) is 95.6 Å². The van der Waals surface area contributed by atoms with Crippen molar-refractivity contribution in [1.82, 2.24) is 25.8 Å². The second kappa shape index (κ2) is 11.3. The molecule has 10 nitrogen and oxygen atoms in total. The zero-order valence-electron chi connectivity index (χ0n) is 23.3. The Morgan fingerprint density at radius 3 is 2.27 bits per heavy atom. The first-order valence-corrected chi connectivity index (χ1v) is 13.2. The zero-order chi connectivity index (χ0) is 29.1. The van der Waals surface area contributed by atoms with Crippen molar-refractivity contribution in [3.63, 3.8) is 0 Å². The summed E-state index contributed by atoms with van der Waals surface area (Å²) in [7, 11) is 5.58. The maximum absolute atomic E-state index is 13.2. The van der Waals surface area contributed by atoms with Gasteiger partial charge in [-0.3, -0.25) is 14.9 Å². The van der Waals surface area contributed by atoms with Gasteiger partial charge < -0.3 is 29.9 Å². The summed E-state index contributed by atoms with van der Waals surface area (Å²) in [6.45, 7) is 6.08. The molecule has 2 aliphatic heterocycles. The first kappa shape index (κ1) is 27.7. The van der Waals surface area contributed by atoms with Gasteiger partial charge in [-0.1, -0.05) is 24.8 Å². The zero-order valence-corrected chi connectivity index (χ0v) is 23.3. The highest BCUT2D eigenvalue weighted by atomic mass is 16.5. The molecule has 0 bridgehead atoms. The summed E-state index contributed by atoms with van der Waals surface area (Å²) in [5.74, 6) is 1.02. The number of amides is 4. The minimum Gasteiger partial charge on any atom is -0.497 e. The van der Waals surface area contributed by atoms with Crippen LogP contribution in [-0.2, 0) is 16.9 Å². The van der Waals surface area contributed by atoms with E-state index >= 15 is 0 Å². The number of likely N-dealkylation sites (N-methyl/N-ethyl adjacent to an activating group) is 1. The number of ether oxygens (including phenoxy) is 2. The maximum Gasteiger partial charge on any atom is 0.322 e. The Balaban J connectivity index is 1.30. The third-order valence-corrected chi connectivity index (χ3v) is 7.25. The quantitative estimate of drug-likeness (QED) is 0.311. The molecule has 2 heterocycles. The minimum absolute atomic E-state index is 0.0332. The Morgan fingerprint density at radius 1 is 1.00 bits per heavy atom. The highest BCUT2D eigenvalue weighted by molar-refractivity contribution is 6.08. The van der Waals surface area contributed by atoms with Crippen LogP contribution in [0.3, 0.4) is 0 Å². The maximum atomic E-state index is 13.2. The van der Waals surface area contributed by atoms with Crippen LogP contribution in [-0.4, -0.2) is 68.5 Å². The number of nitrogens with one attached hydrogen (secondary N) is 3. The summed E-state index contributed by atoms with van der Waals surface area (Å²) >= 11 is 0. The van der Waals surface area contributed by atoms with Crippen LogP contribution in [0.15, 0.2) is 73.3 Å². The Hall–Kier alpha value is -4.83. The van der Waals surface area contributed by atoms with Crippen molar-refractivity contribution in [2.75, 3.05) is 40.8 Å². The van der Waals surface area contributed by atoms with Crippen molar-refractivity contribution >= 4 is 23.5 Å². The van der Waals surface area contributed by atoms with Crippen molar-refractivity contribution in [2.24, 2.45) is 0 Å². The lowest BCUT2D eigenvalue weighted by Crippen LogP contribution is -2.52. The molecule has 10 heteroatoms. The summed E-state index contributed by atoms with van der Waals surface area (Å²) < 4.78 is 11.3. The third kappa shape index (κ3) is 5.73. The number of nitrogens with zero attached hydrogens (tertiary/aromatic N) is 2. The standard InChI is InChI=1S/C31H33N5O5/c1-20(32-15-16-35(2)3)21-5-10-24(11-6-21)41-25-13-8-23(9-14-25)31(29(38)33-30(39)34-31)19-36-18-22-7-12-26(40-4)17-27(22)28(36)37/h5-14,17,32H,1,15-16,18-19H2,2-4H3,(H2,33,34,38,39)/t31-/m0/s1. The van der Waals surface area contributed by atoms with Crippen LogP contribution in [0.2, 0.25) is 0 Å². The van der Waals surface area contributed by atoms with Crippen LogP contribution in [0.4, 0.5) is 4.79 Å². The van der Waals surface area contributed by atoms with E-state index < -0.39 is 17.5 Å². The number of methoxy groups -OCH3 is 1. The van der Waals surface area contributed by atoms with E-state index in [-0.39, 0.29) is 12.5 Å². The molecule has 0 radical (unpaired) electrons. The number of carbonyl (C=O) groups is 3. The monoisotopic (exact) mass is 555 g/mol. The lowest BCUT2D eigenvalue weighted by atomic mass is 9.89. The second-order valence-corrected chi connectivity index (χ2v) is 10.4. The molecule has 5 rings (SSSR count). The van der Waals surface area contributed by atoms with Gasteiger partial charge in [-0.2, -0.15) is 0 Å². The molecule has 3 aromatic carbocycles. The highest BCUT2D eigenvalue weighted by Crippen LogP contribution is 2.34. The van der Waals surface area contributed by atoms with Gasteiger partial charge in [0.1, 0.15) is 17.2 Å². The Labute approximate surface area is 238 Å². The Kier molecular flexibility index (Phi) is 7.67. The van der Waals surface area contributed by atoms with E-state index in [2.05, 4.69) is 27.4 Å². The number of hydrogen-bond acceptors (Lipinski definition) is 7. The predicted molar refractivity (Wildman–Crippen MR) is 155 cm³/mol. The smallest absolute Gasteiger partial charge is 0.322 e. The fraction of sp³-hybridized carbons (Fsp3) is 0.258. The molecule has 0 unspecified atom stereocenters. The van der Waals surface area contributed by atoms with Gasteiger partial charge in [-0.05, 0) is 79.3 Å². The molecule has 212 valence electrons. The molecule has 1 fully saturated rings. The molecule has 1 saturated heterocycles. The molecule has 1 atom stereocenters. The van der Waals surface area contributed by atoms with Gasteiger partial charge in [-0.15, -0.1) is 0 Å². The van der Waals surface area contributed by atoms with E-state index in [4.69, 9.17) is 9.47 Å². The number of fused-ring (bicyclic) bond motifs is 1. The number of rotatable bonds is 11. The van der Waals surface area contributed by atoms with E-state index in [1.807, 2.05) is 44.4 Å². The van der Waals surface area contributed by atoms with Crippen LogP contribution in [0.5, 0.6) is 17.2 Å². The molecular weight excluding hydrogens is 522 g/mol. The van der Waals surface area contributed by atoms with Gasteiger partial charge in [0, 0.05) is 30.9 Å². The largest absolute Gasteiger partial charge is 0.497 e. The minimum atomic E-state index is -1.45. The molecule has 4 amide bonds. The molecular formula is C31H33N5O5. The molecule has 0 aromatic heterocycles. The van der Waals surface area contributed by atoms with E-state index in [0.717, 1.165) is 29.9 Å². The molecule has 0 saturated carbocycles.